The summed E-state index contributed by atoms with van der Waals surface area (Å²) >= 11 is 0. The van der Waals surface area contributed by atoms with Crippen molar-refractivity contribution in [1.29, 1.82) is 0 Å². The van der Waals surface area contributed by atoms with Gasteiger partial charge in [-0.05, 0) is 39.2 Å². The minimum atomic E-state index is -3.35. The Bertz CT molecular complexity index is 609. The maximum atomic E-state index is 12.0. The fraction of sp³-hybridized carbons (Fsp3) is 0.500. The number of nitrogens with one attached hydrogen (secondary N) is 1. The summed E-state index contributed by atoms with van der Waals surface area (Å²) in [7, 11) is 0.296. The zero-order valence-electron chi connectivity index (χ0n) is 12.8. The molecule has 21 heavy (non-hydrogen) atoms. The molecule has 118 valence electrons. The fourth-order valence-electron chi connectivity index (χ4n) is 1.98. The third-order valence-electron chi connectivity index (χ3n) is 2.81. The standard InChI is InChI=1S/C14H22N2O4S/c1-14(18,10-16(2)3)9-15-13(17)11-6-5-7-12(8-11)21(4,19)20/h5-8,18H,9-10H2,1-4H3,(H,15,17). The van der Waals surface area contributed by atoms with Crippen molar-refractivity contribution in [1.82, 2.24) is 10.2 Å². The number of sulfone groups is 1. The van der Waals surface area contributed by atoms with Gasteiger partial charge >= 0.3 is 0 Å². The number of aliphatic hydroxyl groups is 1. The summed E-state index contributed by atoms with van der Waals surface area (Å²) in [6.07, 6.45) is 1.09. The molecular formula is C14H22N2O4S. The highest BCUT2D eigenvalue weighted by Gasteiger charge is 2.22. The molecule has 0 fully saturated rings. The number of hydrogen-bond acceptors (Lipinski definition) is 5. The van der Waals surface area contributed by atoms with E-state index in [0.717, 1.165) is 6.26 Å². The molecule has 0 bridgehead atoms. The van der Waals surface area contributed by atoms with Gasteiger partial charge in [0.05, 0.1) is 10.5 Å². The first-order valence-corrected chi connectivity index (χ1v) is 8.36. The van der Waals surface area contributed by atoms with E-state index in [4.69, 9.17) is 0 Å². The van der Waals surface area contributed by atoms with Gasteiger partial charge in [0.15, 0.2) is 9.84 Å². The van der Waals surface area contributed by atoms with Gasteiger partial charge in [-0.25, -0.2) is 8.42 Å². The van der Waals surface area contributed by atoms with Crippen molar-refractivity contribution >= 4 is 15.7 Å². The van der Waals surface area contributed by atoms with Crippen LogP contribution in [-0.2, 0) is 9.84 Å². The second-order valence-electron chi connectivity index (χ2n) is 5.72. The lowest BCUT2D eigenvalue weighted by Gasteiger charge is -2.27. The van der Waals surface area contributed by atoms with Crippen LogP contribution in [0.15, 0.2) is 29.2 Å². The van der Waals surface area contributed by atoms with Gasteiger partial charge in [-0.15, -0.1) is 0 Å². The number of nitrogens with zero attached hydrogens (tertiary/aromatic N) is 1. The Balaban J connectivity index is 2.77. The molecule has 1 aromatic carbocycles. The van der Waals surface area contributed by atoms with Crippen LogP contribution in [0.1, 0.15) is 17.3 Å². The topological polar surface area (TPSA) is 86.7 Å². The summed E-state index contributed by atoms with van der Waals surface area (Å²) in [5.41, 5.74) is -0.813. The van der Waals surface area contributed by atoms with Gasteiger partial charge in [-0.1, -0.05) is 6.07 Å². The predicted molar refractivity (Wildman–Crippen MR) is 81.1 cm³/mol. The van der Waals surface area contributed by atoms with Crippen LogP contribution in [0.3, 0.4) is 0 Å². The largest absolute Gasteiger partial charge is 0.387 e. The van der Waals surface area contributed by atoms with Gasteiger partial charge < -0.3 is 15.3 Å². The molecule has 0 aliphatic heterocycles. The number of hydrogen-bond donors (Lipinski definition) is 2. The second-order valence-corrected chi connectivity index (χ2v) is 7.73. The van der Waals surface area contributed by atoms with E-state index in [-0.39, 0.29) is 17.0 Å². The lowest BCUT2D eigenvalue weighted by molar-refractivity contribution is 0.0326. The Morgan fingerprint density at radius 1 is 1.38 bits per heavy atom. The van der Waals surface area contributed by atoms with Crippen molar-refractivity contribution in [3.05, 3.63) is 29.8 Å². The molecule has 1 aromatic rings. The van der Waals surface area contributed by atoms with E-state index in [0.29, 0.717) is 6.54 Å². The molecular weight excluding hydrogens is 292 g/mol. The highest BCUT2D eigenvalue weighted by Crippen LogP contribution is 2.11. The molecule has 0 heterocycles. The van der Waals surface area contributed by atoms with Crippen LogP contribution in [0.5, 0.6) is 0 Å². The maximum absolute atomic E-state index is 12.0. The van der Waals surface area contributed by atoms with Crippen LogP contribution in [0.25, 0.3) is 0 Å². The molecule has 0 radical (unpaired) electrons. The third-order valence-corrected chi connectivity index (χ3v) is 3.92. The maximum Gasteiger partial charge on any atom is 0.251 e. The van der Waals surface area contributed by atoms with E-state index < -0.39 is 21.3 Å². The van der Waals surface area contributed by atoms with Gasteiger partial charge in [-0.2, -0.15) is 0 Å². The first-order chi connectivity index (χ1) is 9.51. The highest BCUT2D eigenvalue weighted by atomic mass is 32.2. The predicted octanol–water partition coefficient (Wildman–Crippen LogP) is 0.133. The van der Waals surface area contributed by atoms with Crippen LogP contribution in [0.4, 0.5) is 0 Å². The van der Waals surface area contributed by atoms with E-state index in [1.165, 1.54) is 24.3 Å². The Morgan fingerprint density at radius 3 is 2.52 bits per heavy atom. The molecule has 1 atom stereocenters. The molecule has 0 spiro atoms. The Morgan fingerprint density at radius 2 is 2.00 bits per heavy atom. The number of amides is 1. The van der Waals surface area contributed by atoms with Crippen LogP contribution in [0, 0.1) is 0 Å². The lowest BCUT2D eigenvalue weighted by atomic mass is 10.1. The zero-order valence-corrected chi connectivity index (χ0v) is 13.6. The van der Waals surface area contributed by atoms with Gasteiger partial charge in [-0.3, -0.25) is 4.79 Å². The monoisotopic (exact) mass is 314 g/mol. The van der Waals surface area contributed by atoms with Gasteiger partial charge in [0, 0.05) is 24.9 Å². The van der Waals surface area contributed by atoms with Gasteiger partial charge in [0.1, 0.15) is 0 Å². The molecule has 1 rings (SSSR count). The zero-order chi connectivity index (χ0) is 16.3. The molecule has 0 aliphatic rings. The highest BCUT2D eigenvalue weighted by molar-refractivity contribution is 7.90. The Hall–Kier alpha value is -1.44. The van der Waals surface area contributed by atoms with Gasteiger partial charge in [0.2, 0.25) is 0 Å². The first-order valence-electron chi connectivity index (χ1n) is 6.47. The first kappa shape index (κ1) is 17.6. The van der Waals surface area contributed by atoms with E-state index in [1.54, 1.807) is 6.92 Å². The smallest absolute Gasteiger partial charge is 0.251 e. The van der Waals surface area contributed by atoms with Crippen LogP contribution in [-0.4, -0.2) is 63.4 Å². The minimum Gasteiger partial charge on any atom is -0.387 e. The Kier molecular flexibility index (Phi) is 5.49. The molecule has 1 unspecified atom stereocenters. The van der Waals surface area contributed by atoms with Crippen molar-refractivity contribution in [3.8, 4) is 0 Å². The number of rotatable bonds is 6. The molecule has 0 aromatic heterocycles. The van der Waals surface area contributed by atoms with Gasteiger partial charge in [0.25, 0.3) is 5.91 Å². The average molecular weight is 314 g/mol. The number of carbonyl (C=O) groups is 1. The molecule has 0 saturated heterocycles. The molecule has 0 saturated carbocycles. The van der Waals surface area contributed by atoms with E-state index >= 15 is 0 Å². The van der Waals surface area contributed by atoms with E-state index in [2.05, 4.69) is 5.32 Å². The van der Waals surface area contributed by atoms with Crippen LogP contribution < -0.4 is 5.32 Å². The summed E-state index contributed by atoms with van der Waals surface area (Å²) in [5.74, 6) is -0.417. The SMILES string of the molecule is CN(C)CC(C)(O)CNC(=O)c1cccc(S(C)(=O)=O)c1. The molecule has 0 aliphatic carbocycles. The van der Waals surface area contributed by atoms with Crippen molar-refractivity contribution in [2.75, 3.05) is 33.4 Å². The average Bonchev–Trinajstić information content (AvgIpc) is 2.33. The molecule has 2 N–H and O–H groups in total. The summed E-state index contributed by atoms with van der Waals surface area (Å²) in [4.78, 5) is 13.9. The quantitative estimate of drug-likeness (QED) is 0.779. The fourth-order valence-corrected chi connectivity index (χ4v) is 2.64. The van der Waals surface area contributed by atoms with Crippen molar-refractivity contribution in [3.63, 3.8) is 0 Å². The summed E-state index contributed by atoms with van der Waals surface area (Å²) in [5, 5.41) is 12.7. The number of benzene rings is 1. The minimum absolute atomic E-state index is 0.0765. The summed E-state index contributed by atoms with van der Waals surface area (Å²) < 4.78 is 22.9. The molecule has 7 heteroatoms. The lowest BCUT2D eigenvalue weighted by Crippen LogP contribution is -2.47. The van der Waals surface area contributed by atoms with E-state index in [1.807, 2.05) is 19.0 Å². The summed E-state index contributed by atoms with van der Waals surface area (Å²) in [6.45, 7) is 2.10. The van der Waals surface area contributed by atoms with Crippen LogP contribution in [0.2, 0.25) is 0 Å². The summed E-state index contributed by atoms with van der Waals surface area (Å²) in [6, 6.07) is 5.81. The third kappa shape index (κ3) is 5.82. The van der Waals surface area contributed by atoms with Crippen LogP contribution >= 0.6 is 0 Å². The van der Waals surface area contributed by atoms with Crippen molar-refractivity contribution in [2.45, 2.75) is 17.4 Å². The molecule has 1 amide bonds. The normalized spacial score (nSPS) is 14.8. The molecule has 6 nitrogen and oxygen atoms in total. The Labute approximate surface area is 125 Å². The number of carbonyl (C=O) groups excluding carboxylic acids is 1. The van der Waals surface area contributed by atoms with Crippen molar-refractivity contribution in [2.24, 2.45) is 0 Å². The second kappa shape index (κ2) is 6.55. The number of likely N-dealkylation sites (N-methyl/N-ethyl adjacent to an activating group) is 1. The van der Waals surface area contributed by atoms with E-state index in [9.17, 15) is 18.3 Å². The van der Waals surface area contributed by atoms with Crippen molar-refractivity contribution < 1.29 is 18.3 Å².